The van der Waals surface area contributed by atoms with E-state index in [9.17, 15) is 9.59 Å². The van der Waals surface area contributed by atoms with Crippen LogP contribution in [0.25, 0.3) is 0 Å². The summed E-state index contributed by atoms with van der Waals surface area (Å²) in [6, 6.07) is 4.20. The Hall–Kier alpha value is -1.75. The fourth-order valence-corrected chi connectivity index (χ4v) is 2.18. The molecule has 1 aromatic carbocycles. The summed E-state index contributed by atoms with van der Waals surface area (Å²) in [6.45, 7) is 0.652. The quantitative estimate of drug-likeness (QED) is 0.781. The van der Waals surface area contributed by atoms with E-state index in [0.717, 1.165) is 0 Å². The monoisotopic (exact) mass is 267 g/mol. The van der Waals surface area contributed by atoms with Crippen molar-refractivity contribution in [2.75, 3.05) is 19.3 Å². The van der Waals surface area contributed by atoms with Crippen molar-refractivity contribution in [3.8, 4) is 0 Å². The highest BCUT2D eigenvalue weighted by Gasteiger charge is 2.30. The maximum absolute atomic E-state index is 12.0. The van der Waals surface area contributed by atoms with Crippen LogP contribution in [0.4, 0.5) is 5.69 Å². The van der Waals surface area contributed by atoms with Gasteiger partial charge < -0.3 is 16.0 Å². The lowest BCUT2D eigenvalue weighted by molar-refractivity contribution is -0.128. The number of anilines is 1. The maximum Gasteiger partial charge on any atom is 0.253 e. The molecular formula is C12H14ClN3O2. The van der Waals surface area contributed by atoms with Gasteiger partial charge in [-0.2, -0.15) is 0 Å². The molecule has 5 nitrogen and oxygen atoms in total. The van der Waals surface area contributed by atoms with E-state index in [1.807, 2.05) is 0 Å². The molecule has 96 valence electrons. The molecule has 18 heavy (non-hydrogen) atoms. The summed E-state index contributed by atoms with van der Waals surface area (Å²) in [7, 11) is 1.71. The first-order chi connectivity index (χ1) is 8.49. The smallest absolute Gasteiger partial charge is 0.253 e. The van der Waals surface area contributed by atoms with Crippen molar-refractivity contribution in [3.05, 3.63) is 28.8 Å². The fraction of sp³-hybridized carbons (Fsp3) is 0.333. The summed E-state index contributed by atoms with van der Waals surface area (Å²) in [5.74, 6) is -0.427. The minimum Gasteiger partial charge on any atom is -0.399 e. The summed E-state index contributed by atoms with van der Waals surface area (Å²) < 4.78 is 0. The molecule has 1 aliphatic rings. The summed E-state index contributed by atoms with van der Waals surface area (Å²) in [5, 5.41) is 2.96. The molecule has 0 radical (unpaired) electrons. The number of halogens is 1. The number of nitrogens with one attached hydrogen (secondary N) is 1. The number of nitrogen functional groups attached to an aromatic ring is 1. The van der Waals surface area contributed by atoms with E-state index in [1.165, 1.54) is 6.07 Å². The van der Waals surface area contributed by atoms with Gasteiger partial charge in [0.15, 0.2) is 0 Å². The lowest BCUT2D eigenvalue weighted by atomic mass is 10.1. The molecule has 6 heteroatoms. The molecule has 3 N–H and O–H groups in total. The molecule has 1 atom stereocenters. The summed E-state index contributed by atoms with van der Waals surface area (Å²) in [5.41, 5.74) is 6.38. The van der Waals surface area contributed by atoms with Crippen molar-refractivity contribution < 1.29 is 9.59 Å². The number of hydrogen-bond donors (Lipinski definition) is 2. The summed E-state index contributed by atoms with van der Waals surface area (Å²) >= 11 is 5.94. The average molecular weight is 268 g/mol. The van der Waals surface area contributed by atoms with Gasteiger partial charge in [0, 0.05) is 19.3 Å². The molecule has 1 unspecified atom stereocenters. The highest BCUT2D eigenvalue weighted by molar-refractivity contribution is 6.34. The molecule has 1 aromatic rings. The third kappa shape index (κ3) is 2.41. The van der Waals surface area contributed by atoms with E-state index >= 15 is 0 Å². The molecular weight excluding hydrogens is 254 g/mol. The zero-order valence-corrected chi connectivity index (χ0v) is 10.7. The number of hydrogen-bond acceptors (Lipinski definition) is 3. The number of benzene rings is 1. The summed E-state index contributed by atoms with van der Waals surface area (Å²) in [6.07, 6.45) is 0.619. The fourth-order valence-electron chi connectivity index (χ4n) is 1.91. The third-order valence-electron chi connectivity index (χ3n) is 2.97. The SMILES string of the molecule is CN1CCC(NC(=O)c2ccc(N)cc2Cl)C1=O. The van der Waals surface area contributed by atoms with E-state index in [-0.39, 0.29) is 16.8 Å². The first-order valence-corrected chi connectivity index (χ1v) is 5.97. The highest BCUT2D eigenvalue weighted by Crippen LogP contribution is 2.19. The molecule has 1 fully saturated rings. The van der Waals surface area contributed by atoms with Crippen LogP contribution in [0.15, 0.2) is 18.2 Å². The number of likely N-dealkylation sites (tertiary alicyclic amines) is 1. The Balaban J connectivity index is 2.11. The Kier molecular flexibility index (Phi) is 3.43. The maximum atomic E-state index is 12.0. The Morgan fingerprint density at radius 3 is 2.83 bits per heavy atom. The molecule has 2 rings (SSSR count). The number of nitrogens with zero attached hydrogens (tertiary/aromatic N) is 1. The van der Waals surface area contributed by atoms with Gasteiger partial charge in [-0.05, 0) is 24.6 Å². The lowest BCUT2D eigenvalue weighted by Crippen LogP contribution is -2.40. The topological polar surface area (TPSA) is 75.4 Å². The van der Waals surface area contributed by atoms with Gasteiger partial charge in [-0.25, -0.2) is 0 Å². The van der Waals surface area contributed by atoms with Crippen LogP contribution in [0.1, 0.15) is 16.8 Å². The van der Waals surface area contributed by atoms with E-state index < -0.39 is 6.04 Å². The zero-order chi connectivity index (χ0) is 13.3. The number of likely N-dealkylation sites (N-methyl/N-ethyl adjacent to an activating group) is 1. The predicted molar refractivity (Wildman–Crippen MR) is 69.4 cm³/mol. The van der Waals surface area contributed by atoms with Gasteiger partial charge in [0.05, 0.1) is 10.6 Å². The molecule has 0 aromatic heterocycles. The van der Waals surface area contributed by atoms with Gasteiger partial charge in [0.1, 0.15) is 6.04 Å². The number of rotatable bonds is 2. The molecule has 2 amide bonds. The lowest BCUT2D eigenvalue weighted by Gasteiger charge is -2.13. The van der Waals surface area contributed by atoms with E-state index in [2.05, 4.69) is 5.32 Å². The Bertz CT molecular complexity index is 504. The van der Waals surface area contributed by atoms with Gasteiger partial charge in [-0.3, -0.25) is 9.59 Å². The van der Waals surface area contributed by atoms with Gasteiger partial charge in [0.2, 0.25) is 5.91 Å². The van der Waals surface area contributed by atoms with E-state index in [4.69, 9.17) is 17.3 Å². The van der Waals surface area contributed by atoms with Gasteiger partial charge >= 0.3 is 0 Å². The average Bonchev–Trinajstić information content (AvgIpc) is 2.61. The first-order valence-electron chi connectivity index (χ1n) is 5.60. The van der Waals surface area contributed by atoms with Crippen LogP contribution in [0.2, 0.25) is 5.02 Å². The minimum absolute atomic E-state index is 0.0742. The van der Waals surface area contributed by atoms with Crippen LogP contribution in [0.3, 0.4) is 0 Å². The second-order valence-electron chi connectivity index (χ2n) is 4.31. The Labute approximate surface area is 110 Å². The van der Waals surface area contributed by atoms with Crippen LogP contribution >= 0.6 is 11.6 Å². The number of amides is 2. The molecule has 1 saturated heterocycles. The Morgan fingerprint density at radius 1 is 1.56 bits per heavy atom. The minimum atomic E-state index is -0.462. The Morgan fingerprint density at radius 2 is 2.28 bits per heavy atom. The van der Waals surface area contributed by atoms with Crippen LogP contribution in [-0.2, 0) is 4.79 Å². The number of nitrogens with two attached hydrogens (primary N) is 1. The largest absolute Gasteiger partial charge is 0.399 e. The molecule has 0 bridgehead atoms. The van der Waals surface area contributed by atoms with Crippen molar-refractivity contribution in [2.24, 2.45) is 0 Å². The highest BCUT2D eigenvalue weighted by atomic mass is 35.5. The van der Waals surface area contributed by atoms with Crippen molar-refractivity contribution in [1.29, 1.82) is 0 Å². The van der Waals surface area contributed by atoms with Crippen LogP contribution in [0, 0.1) is 0 Å². The van der Waals surface area contributed by atoms with Crippen molar-refractivity contribution in [2.45, 2.75) is 12.5 Å². The van der Waals surface area contributed by atoms with Crippen LogP contribution in [-0.4, -0.2) is 36.3 Å². The number of carbonyl (C=O) groups is 2. The predicted octanol–water partition coefficient (Wildman–Crippen LogP) is 0.883. The van der Waals surface area contributed by atoms with Crippen molar-refractivity contribution in [1.82, 2.24) is 10.2 Å². The second-order valence-corrected chi connectivity index (χ2v) is 4.72. The number of carbonyl (C=O) groups excluding carboxylic acids is 2. The van der Waals surface area contributed by atoms with E-state index in [0.29, 0.717) is 24.2 Å². The molecule has 1 aliphatic heterocycles. The molecule has 0 spiro atoms. The van der Waals surface area contributed by atoms with Crippen molar-refractivity contribution in [3.63, 3.8) is 0 Å². The van der Waals surface area contributed by atoms with Crippen molar-refractivity contribution >= 4 is 29.1 Å². The zero-order valence-electron chi connectivity index (χ0n) is 9.94. The standard InChI is InChI=1S/C12H14ClN3O2/c1-16-5-4-10(12(16)18)15-11(17)8-3-2-7(14)6-9(8)13/h2-3,6,10H,4-5,14H2,1H3,(H,15,17). The van der Waals surface area contributed by atoms with Crippen LogP contribution in [0.5, 0.6) is 0 Å². The van der Waals surface area contributed by atoms with Crippen LogP contribution < -0.4 is 11.1 Å². The first kappa shape index (κ1) is 12.7. The van der Waals surface area contributed by atoms with Gasteiger partial charge in [-0.15, -0.1) is 0 Å². The third-order valence-corrected chi connectivity index (χ3v) is 3.28. The molecule has 0 aliphatic carbocycles. The molecule has 1 heterocycles. The van der Waals surface area contributed by atoms with E-state index in [1.54, 1.807) is 24.1 Å². The summed E-state index contributed by atoms with van der Waals surface area (Å²) in [4.78, 5) is 25.2. The second kappa shape index (κ2) is 4.86. The molecule has 0 saturated carbocycles. The van der Waals surface area contributed by atoms with Gasteiger partial charge in [0.25, 0.3) is 5.91 Å². The normalized spacial score (nSPS) is 19.1. The van der Waals surface area contributed by atoms with Gasteiger partial charge in [-0.1, -0.05) is 11.6 Å².